The van der Waals surface area contributed by atoms with E-state index in [1.807, 2.05) is 24.3 Å². The molecule has 6 heteroatoms. The van der Waals surface area contributed by atoms with E-state index in [-0.39, 0.29) is 0 Å². The van der Waals surface area contributed by atoms with Crippen molar-refractivity contribution in [2.45, 2.75) is 0 Å². The standard InChI is InChI=1S/C12H10BrN3O2/c1-16-8-14-7-11(16)12(17)18-15-6-9-2-4-10(13)5-3-9/h2-8H,1H3. The number of aryl methyl sites for hydroxylation is 1. The van der Waals surface area contributed by atoms with Gasteiger partial charge in [-0.3, -0.25) is 0 Å². The molecule has 0 N–H and O–H groups in total. The Labute approximate surface area is 112 Å². The van der Waals surface area contributed by atoms with E-state index in [1.54, 1.807) is 11.6 Å². The number of oxime groups is 1. The van der Waals surface area contributed by atoms with Crippen LogP contribution in [0.15, 0.2) is 46.4 Å². The van der Waals surface area contributed by atoms with E-state index < -0.39 is 5.97 Å². The molecule has 0 saturated heterocycles. The van der Waals surface area contributed by atoms with Gasteiger partial charge in [-0.1, -0.05) is 33.2 Å². The molecule has 0 spiro atoms. The zero-order valence-electron chi connectivity index (χ0n) is 9.58. The Morgan fingerprint density at radius 1 is 1.44 bits per heavy atom. The third-order valence-corrected chi connectivity index (χ3v) is 2.76. The van der Waals surface area contributed by atoms with Crippen molar-refractivity contribution < 1.29 is 9.63 Å². The second kappa shape index (κ2) is 5.59. The molecule has 5 nitrogen and oxygen atoms in total. The number of carbonyl (C=O) groups excluding carboxylic acids is 1. The summed E-state index contributed by atoms with van der Waals surface area (Å²) in [6, 6.07) is 7.46. The Balaban J connectivity index is 1.98. The molecular formula is C12H10BrN3O2. The van der Waals surface area contributed by atoms with Gasteiger partial charge >= 0.3 is 5.97 Å². The maximum Gasteiger partial charge on any atom is 0.383 e. The van der Waals surface area contributed by atoms with E-state index >= 15 is 0 Å². The van der Waals surface area contributed by atoms with Crippen LogP contribution in [0.5, 0.6) is 0 Å². The van der Waals surface area contributed by atoms with Gasteiger partial charge in [0.1, 0.15) is 5.69 Å². The van der Waals surface area contributed by atoms with E-state index in [1.165, 1.54) is 18.7 Å². The van der Waals surface area contributed by atoms with Crippen LogP contribution in [0.3, 0.4) is 0 Å². The lowest BCUT2D eigenvalue weighted by molar-refractivity contribution is 0.0508. The molecule has 0 fully saturated rings. The highest BCUT2D eigenvalue weighted by Crippen LogP contribution is 2.09. The maximum absolute atomic E-state index is 11.6. The Morgan fingerprint density at radius 3 is 2.78 bits per heavy atom. The van der Waals surface area contributed by atoms with Crippen molar-refractivity contribution in [3.8, 4) is 0 Å². The van der Waals surface area contributed by atoms with Crippen molar-refractivity contribution >= 4 is 28.1 Å². The topological polar surface area (TPSA) is 56.5 Å². The number of hydrogen-bond donors (Lipinski definition) is 0. The molecule has 18 heavy (non-hydrogen) atoms. The maximum atomic E-state index is 11.6. The van der Waals surface area contributed by atoms with Crippen molar-refractivity contribution in [1.29, 1.82) is 0 Å². The van der Waals surface area contributed by atoms with E-state index in [9.17, 15) is 4.79 Å². The van der Waals surface area contributed by atoms with Gasteiger partial charge < -0.3 is 9.40 Å². The summed E-state index contributed by atoms with van der Waals surface area (Å²) in [5.41, 5.74) is 1.19. The number of halogens is 1. The molecule has 0 radical (unpaired) electrons. The quantitative estimate of drug-likeness (QED) is 0.497. The monoisotopic (exact) mass is 307 g/mol. The van der Waals surface area contributed by atoms with Crippen LogP contribution in [0.4, 0.5) is 0 Å². The first kappa shape index (κ1) is 12.5. The molecule has 0 saturated carbocycles. The van der Waals surface area contributed by atoms with Crippen LogP contribution in [0.25, 0.3) is 0 Å². The summed E-state index contributed by atoms with van der Waals surface area (Å²) in [7, 11) is 1.71. The van der Waals surface area contributed by atoms with Crippen LogP contribution < -0.4 is 0 Å². The van der Waals surface area contributed by atoms with E-state index in [0.717, 1.165) is 10.0 Å². The lowest BCUT2D eigenvalue weighted by Crippen LogP contribution is -2.06. The minimum absolute atomic E-state index is 0.350. The summed E-state index contributed by atoms with van der Waals surface area (Å²) >= 11 is 3.33. The number of carbonyl (C=O) groups is 1. The van der Waals surface area contributed by atoms with E-state index in [4.69, 9.17) is 4.84 Å². The van der Waals surface area contributed by atoms with Crippen molar-refractivity contribution in [2.24, 2.45) is 12.2 Å². The molecule has 2 rings (SSSR count). The smallest absolute Gasteiger partial charge is 0.328 e. The van der Waals surface area contributed by atoms with Gasteiger partial charge in [0.15, 0.2) is 0 Å². The van der Waals surface area contributed by atoms with Gasteiger partial charge in [-0.05, 0) is 17.7 Å². The fourth-order valence-electron chi connectivity index (χ4n) is 1.28. The van der Waals surface area contributed by atoms with E-state index in [0.29, 0.717) is 5.69 Å². The zero-order chi connectivity index (χ0) is 13.0. The Kier molecular flexibility index (Phi) is 3.88. The third kappa shape index (κ3) is 3.04. The zero-order valence-corrected chi connectivity index (χ0v) is 11.2. The van der Waals surface area contributed by atoms with Crippen LogP contribution in [0, 0.1) is 0 Å². The summed E-state index contributed by atoms with van der Waals surface area (Å²) in [5.74, 6) is -0.539. The minimum Gasteiger partial charge on any atom is -0.328 e. The summed E-state index contributed by atoms with van der Waals surface area (Å²) < 4.78 is 2.55. The molecule has 0 atom stereocenters. The molecule has 0 amide bonds. The molecule has 2 aromatic rings. The highest BCUT2D eigenvalue weighted by molar-refractivity contribution is 9.10. The van der Waals surface area contributed by atoms with Gasteiger partial charge in [-0.25, -0.2) is 9.78 Å². The average Bonchev–Trinajstić information content (AvgIpc) is 2.78. The number of benzene rings is 1. The summed E-state index contributed by atoms with van der Waals surface area (Å²) in [4.78, 5) is 20.1. The molecule has 0 aliphatic carbocycles. The molecule has 0 aliphatic rings. The number of nitrogens with zero attached hydrogens (tertiary/aromatic N) is 3. The molecule has 0 bridgehead atoms. The second-order valence-electron chi connectivity index (χ2n) is 3.55. The first-order valence-electron chi connectivity index (χ1n) is 5.13. The lowest BCUT2D eigenvalue weighted by atomic mass is 10.2. The van der Waals surface area contributed by atoms with Crippen molar-refractivity contribution in [2.75, 3.05) is 0 Å². The van der Waals surface area contributed by atoms with Gasteiger partial charge in [0.05, 0.1) is 18.7 Å². The second-order valence-corrected chi connectivity index (χ2v) is 4.47. The first-order valence-corrected chi connectivity index (χ1v) is 5.93. The lowest BCUT2D eigenvalue weighted by Gasteiger charge is -1.98. The molecule has 0 unspecified atom stereocenters. The van der Waals surface area contributed by atoms with Crippen molar-refractivity contribution in [1.82, 2.24) is 9.55 Å². The fraction of sp³-hybridized carbons (Fsp3) is 0.0833. The van der Waals surface area contributed by atoms with Gasteiger partial charge in [-0.2, -0.15) is 0 Å². The predicted octanol–water partition coefficient (Wildman–Crippen LogP) is 2.37. The van der Waals surface area contributed by atoms with Gasteiger partial charge in [0.2, 0.25) is 0 Å². The highest BCUT2D eigenvalue weighted by Gasteiger charge is 2.10. The molecule has 1 aromatic heterocycles. The van der Waals surface area contributed by atoms with Gasteiger partial charge in [0.25, 0.3) is 0 Å². The molecular weight excluding hydrogens is 298 g/mol. The van der Waals surface area contributed by atoms with Gasteiger partial charge in [0, 0.05) is 11.5 Å². The fourth-order valence-corrected chi connectivity index (χ4v) is 1.55. The number of imidazole rings is 1. The number of hydrogen-bond acceptors (Lipinski definition) is 4. The average molecular weight is 308 g/mol. The van der Waals surface area contributed by atoms with Crippen LogP contribution in [0.2, 0.25) is 0 Å². The van der Waals surface area contributed by atoms with E-state index in [2.05, 4.69) is 26.1 Å². The molecule has 92 valence electrons. The van der Waals surface area contributed by atoms with Crippen LogP contribution in [0.1, 0.15) is 16.1 Å². The molecule has 0 aliphatic heterocycles. The Hall–Kier alpha value is -1.95. The molecule has 1 aromatic carbocycles. The molecule has 1 heterocycles. The highest BCUT2D eigenvalue weighted by atomic mass is 79.9. The van der Waals surface area contributed by atoms with Gasteiger partial charge in [-0.15, -0.1) is 0 Å². The first-order chi connectivity index (χ1) is 8.66. The Morgan fingerprint density at radius 2 is 2.17 bits per heavy atom. The van der Waals surface area contributed by atoms with Crippen LogP contribution in [-0.4, -0.2) is 21.7 Å². The number of rotatable bonds is 3. The van der Waals surface area contributed by atoms with Crippen LogP contribution >= 0.6 is 15.9 Å². The summed E-state index contributed by atoms with van der Waals surface area (Å²) in [5, 5.41) is 3.64. The van der Waals surface area contributed by atoms with Crippen molar-refractivity contribution in [3.05, 3.63) is 52.5 Å². The van der Waals surface area contributed by atoms with Crippen LogP contribution in [-0.2, 0) is 11.9 Å². The number of aromatic nitrogens is 2. The largest absolute Gasteiger partial charge is 0.383 e. The minimum atomic E-state index is -0.539. The SMILES string of the molecule is Cn1cncc1C(=O)ON=Cc1ccc(Br)cc1. The predicted molar refractivity (Wildman–Crippen MR) is 70.4 cm³/mol. The third-order valence-electron chi connectivity index (χ3n) is 2.23. The summed E-state index contributed by atoms with van der Waals surface area (Å²) in [6.07, 6.45) is 4.42. The normalized spacial score (nSPS) is 10.8. The van der Waals surface area contributed by atoms with Crippen molar-refractivity contribution in [3.63, 3.8) is 0 Å². The summed E-state index contributed by atoms with van der Waals surface area (Å²) in [6.45, 7) is 0. The Bertz CT molecular complexity index is 575.